The lowest BCUT2D eigenvalue weighted by molar-refractivity contribution is 0.175. The molecule has 3 rings (SSSR count). The molecule has 0 bridgehead atoms. The van der Waals surface area contributed by atoms with Crippen molar-refractivity contribution >= 4 is 11.3 Å². The van der Waals surface area contributed by atoms with Gasteiger partial charge in [-0.05, 0) is 52.4 Å². The van der Waals surface area contributed by atoms with E-state index in [4.69, 9.17) is 4.98 Å². The first-order valence-corrected chi connectivity index (χ1v) is 9.01. The maximum atomic E-state index is 4.82. The van der Waals surface area contributed by atoms with Crippen LogP contribution in [0.3, 0.4) is 0 Å². The zero-order chi connectivity index (χ0) is 15.4. The van der Waals surface area contributed by atoms with Crippen LogP contribution in [0.4, 0.5) is 0 Å². The van der Waals surface area contributed by atoms with Gasteiger partial charge in [0, 0.05) is 17.5 Å². The van der Waals surface area contributed by atoms with Crippen molar-refractivity contribution in [3.63, 3.8) is 0 Å². The molecule has 0 saturated carbocycles. The summed E-state index contributed by atoms with van der Waals surface area (Å²) in [6.07, 6.45) is 2.60. The zero-order valence-electron chi connectivity index (χ0n) is 13.5. The standard InChI is InChI=1S/C18H25N3S/c1-14-3-5-16(6-4-14)18-20-17(13-22-18)12-21-9-7-15(8-10-21)11-19-2/h3-6,13,15,19H,7-12H2,1-2H3. The van der Waals surface area contributed by atoms with Crippen molar-refractivity contribution in [3.05, 3.63) is 40.9 Å². The van der Waals surface area contributed by atoms with Crippen molar-refractivity contribution < 1.29 is 0 Å². The number of nitrogens with zero attached hydrogens (tertiary/aromatic N) is 2. The van der Waals surface area contributed by atoms with E-state index in [0.29, 0.717) is 0 Å². The highest BCUT2D eigenvalue weighted by molar-refractivity contribution is 7.13. The van der Waals surface area contributed by atoms with E-state index in [1.807, 2.05) is 7.05 Å². The van der Waals surface area contributed by atoms with Crippen LogP contribution in [-0.2, 0) is 6.54 Å². The van der Waals surface area contributed by atoms with Gasteiger partial charge in [0.1, 0.15) is 5.01 Å². The van der Waals surface area contributed by atoms with E-state index in [1.165, 1.54) is 42.8 Å². The van der Waals surface area contributed by atoms with Gasteiger partial charge in [-0.25, -0.2) is 4.98 Å². The van der Waals surface area contributed by atoms with E-state index >= 15 is 0 Å². The first kappa shape index (κ1) is 15.7. The molecule has 1 aromatic carbocycles. The highest BCUT2D eigenvalue weighted by Crippen LogP contribution is 2.25. The number of aromatic nitrogens is 1. The largest absolute Gasteiger partial charge is 0.319 e. The highest BCUT2D eigenvalue weighted by Gasteiger charge is 2.19. The van der Waals surface area contributed by atoms with Crippen LogP contribution in [0, 0.1) is 12.8 Å². The zero-order valence-corrected chi connectivity index (χ0v) is 14.3. The van der Waals surface area contributed by atoms with Crippen molar-refractivity contribution in [2.24, 2.45) is 5.92 Å². The minimum Gasteiger partial charge on any atom is -0.319 e. The predicted octanol–water partition coefficient (Wildman–Crippen LogP) is 3.55. The number of rotatable bonds is 5. The summed E-state index contributed by atoms with van der Waals surface area (Å²) in [6.45, 7) is 6.67. The minimum absolute atomic E-state index is 0.847. The first-order valence-electron chi connectivity index (χ1n) is 8.13. The lowest BCUT2D eigenvalue weighted by Gasteiger charge is -2.31. The van der Waals surface area contributed by atoms with Crippen molar-refractivity contribution in [1.82, 2.24) is 15.2 Å². The van der Waals surface area contributed by atoms with E-state index in [0.717, 1.165) is 24.0 Å². The second kappa shape index (κ2) is 7.36. The van der Waals surface area contributed by atoms with Gasteiger partial charge in [0.25, 0.3) is 0 Å². The maximum absolute atomic E-state index is 4.82. The Morgan fingerprint density at radius 1 is 1.23 bits per heavy atom. The van der Waals surface area contributed by atoms with Gasteiger partial charge in [-0.3, -0.25) is 4.90 Å². The number of benzene rings is 1. The van der Waals surface area contributed by atoms with E-state index in [2.05, 4.69) is 46.8 Å². The van der Waals surface area contributed by atoms with Crippen LogP contribution in [0.15, 0.2) is 29.6 Å². The molecule has 1 fully saturated rings. The molecule has 1 aliphatic rings. The molecule has 0 atom stereocenters. The number of nitrogens with one attached hydrogen (secondary N) is 1. The normalized spacial score (nSPS) is 17.0. The SMILES string of the molecule is CNCC1CCN(Cc2csc(-c3ccc(C)cc3)n2)CC1. The molecule has 0 radical (unpaired) electrons. The van der Waals surface area contributed by atoms with E-state index in [1.54, 1.807) is 11.3 Å². The van der Waals surface area contributed by atoms with Crippen LogP contribution in [0.1, 0.15) is 24.1 Å². The molecule has 0 spiro atoms. The van der Waals surface area contributed by atoms with Gasteiger partial charge in [-0.1, -0.05) is 29.8 Å². The first-order chi connectivity index (χ1) is 10.7. The smallest absolute Gasteiger partial charge is 0.123 e. The van der Waals surface area contributed by atoms with Gasteiger partial charge >= 0.3 is 0 Å². The summed E-state index contributed by atoms with van der Waals surface area (Å²) in [5, 5.41) is 6.65. The summed E-state index contributed by atoms with van der Waals surface area (Å²) in [5.74, 6) is 0.847. The molecule has 0 unspecified atom stereocenters. The van der Waals surface area contributed by atoms with E-state index < -0.39 is 0 Å². The molecule has 1 aliphatic heterocycles. The molecule has 2 heterocycles. The van der Waals surface area contributed by atoms with Crippen LogP contribution in [0.5, 0.6) is 0 Å². The van der Waals surface area contributed by atoms with Crippen molar-refractivity contribution in [2.45, 2.75) is 26.3 Å². The highest BCUT2D eigenvalue weighted by atomic mass is 32.1. The molecule has 1 N–H and O–H groups in total. The Hall–Kier alpha value is -1.23. The summed E-state index contributed by atoms with van der Waals surface area (Å²) in [5.41, 5.74) is 3.74. The Labute approximate surface area is 137 Å². The third-order valence-corrected chi connectivity index (χ3v) is 5.38. The van der Waals surface area contributed by atoms with Gasteiger partial charge in [-0.2, -0.15) is 0 Å². The van der Waals surface area contributed by atoms with Crippen molar-refractivity contribution in [1.29, 1.82) is 0 Å². The Morgan fingerprint density at radius 3 is 2.64 bits per heavy atom. The summed E-state index contributed by atoms with van der Waals surface area (Å²) in [4.78, 5) is 7.37. The number of thiazole rings is 1. The number of hydrogen-bond acceptors (Lipinski definition) is 4. The quantitative estimate of drug-likeness (QED) is 0.914. The number of likely N-dealkylation sites (tertiary alicyclic amines) is 1. The summed E-state index contributed by atoms with van der Waals surface area (Å²) in [6, 6.07) is 8.65. The minimum atomic E-state index is 0.847. The topological polar surface area (TPSA) is 28.2 Å². The average molecular weight is 315 g/mol. The third-order valence-electron chi connectivity index (χ3n) is 4.44. The molecular formula is C18H25N3S. The molecular weight excluding hydrogens is 290 g/mol. The van der Waals surface area contributed by atoms with Gasteiger partial charge in [0.15, 0.2) is 0 Å². The maximum Gasteiger partial charge on any atom is 0.123 e. The molecule has 4 heteroatoms. The fourth-order valence-electron chi connectivity index (χ4n) is 3.07. The Balaban J connectivity index is 1.57. The lowest BCUT2D eigenvalue weighted by Crippen LogP contribution is -2.36. The molecule has 0 aliphatic carbocycles. The fraction of sp³-hybridized carbons (Fsp3) is 0.500. The second-order valence-electron chi connectivity index (χ2n) is 6.29. The van der Waals surface area contributed by atoms with Gasteiger partial charge < -0.3 is 5.32 Å². The number of piperidine rings is 1. The van der Waals surface area contributed by atoms with Gasteiger partial charge in [0.2, 0.25) is 0 Å². The number of hydrogen-bond donors (Lipinski definition) is 1. The Bertz CT molecular complexity index is 583. The fourth-order valence-corrected chi connectivity index (χ4v) is 3.89. The van der Waals surface area contributed by atoms with Gasteiger partial charge in [0.05, 0.1) is 5.69 Å². The molecule has 0 amide bonds. The molecule has 2 aromatic rings. The summed E-state index contributed by atoms with van der Waals surface area (Å²) >= 11 is 1.76. The Morgan fingerprint density at radius 2 is 1.95 bits per heavy atom. The van der Waals surface area contributed by atoms with Crippen LogP contribution in [0.2, 0.25) is 0 Å². The molecule has 118 valence electrons. The summed E-state index contributed by atoms with van der Waals surface area (Å²) in [7, 11) is 2.05. The molecule has 22 heavy (non-hydrogen) atoms. The number of aryl methyl sites for hydroxylation is 1. The van der Waals surface area contributed by atoms with Crippen LogP contribution >= 0.6 is 11.3 Å². The lowest BCUT2D eigenvalue weighted by atomic mass is 9.97. The molecule has 3 nitrogen and oxygen atoms in total. The molecule has 1 aromatic heterocycles. The monoisotopic (exact) mass is 315 g/mol. The van der Waals surface area contributed by atoms with Gasteiger partial charge in [-0.15, -0.1) is 11.3 Å². The van der Waals surface area contributed by atoms with E-state index in [-0.39, 0.29) is 0 Å². The van der Waals surface area contributed by atoms with Crippen molar-refractivity contribution in [3.8, 4) is 10.6 Å². The second-order valence-corrected chi connectivity index (χ2v) is 7.15. The van der Waals surface area contributed by atoms with E-state index in [9.17, 15) is 0 Å². The molecule has 1 saturated heterocycles. The third kappa shape index (κ3) is 3.94. The van der Waals surface area contributed by atoms with Crippen LogP contribution in [0.25, 0.3) is 10.6 Å². The predicted molar refractivity (Wildman–Crippen MR) is 94.2 cm³/mol. The Kier molecular flexibility index (Phi) is 5.24. The average Bonchev–Trinajstić information content (AvgIpc) is 2.99. The van der Waals surface area contributed by atoms with Crippen LogP contribution < -0.4 is 5.32 Å². The summed E-state index contributed by atoms with van der Waals surface area (Å²) < 4.78 is 0. The van der Waals surface area contributed by atoms with Crippen molar-refractivity contribution in [2.75, 3.05) is 26.7 Å². The van der Waals surface area contributed by atoms with Crippen LogP contribution in [-0.4, -0.2) is 36.6 Å².